The van der Waals surface area contributed by atoms with Gasteiger partial charge in [0.1, 0.15) is 0 Å². The van der Waals surface area contributed by atoms with Gasteiger partial charge in [0, 0.05) is 37.0 Å². The summed E-state index contributed by atoms with van der Waals surface area (Å²) in [7, 11) is -3.68. The molecule has 156 valence electrons. The van der Waals surface area contributed by atoms with E-state index < -0.39 is 10.0 Å². The van der Waals surface area contributed by atoms with Crippen LogP contribution in [0.4, 0.5) is 0 Å². The summed E-state index contributed by atoms with van der Waals surface area (Å²) in [6, 6.07) is 12.7. The van der Waals surface area contributed by atoms with E-state index in [4.69, 9.17) is 4.74 Å². The van der Waals surface area contributed by atoms with Gasteiger partial charge in [-0.15, -0.1) is 4.41 Å². The first-order valence-electron chi connectivity index (χ1n) is 10.1. The Balaban J connectivity index is 1.56. The second-order valence-electron chi connectivity index (χ2n) is 7.56. The summed E-state index contributed by atoms with van der Waals surface area (Å²) in [5.74, 6) is 0. The number of pyridine rings is 1. The van der Waals surface area contributed by atoms with Gasteiger partial charge in [0.15, 0.2) is 0 Å². The molecule has 0 saturated carbocycles. The highest BCUT2D eigenvalue weighted by Gasteiger charge is 2.31. The van der Waals surface area contributed by atoms with Crippen molar-refractivity contribution in [1.82, 2.24) is 14.4 Å². The quantitative estimate of drug-likeness (QED) is 0.543. The molecule has 30 heavy (non-hydrogen) atoms. The highest BCUT2D eigenvalue weighted by Crippen LogP contribution is 2.39. The summed E-state index contributed by atoms with van der Waals surface area (Å²) in [6.45, 7) is 4.34. The van der Waals surface area contributed by atoms with Gasteiger partial charge in [-0.2, -0.15) is 0 Å². The Kier molecular flexibility index (Phi) is 4.74. The fraction of sp³-hybridized carbons (Fsp3) is 0.318. The summed E-state index contributed by atoms with van der Waals surface area (Å²) in [4.78, 5) is 15.8. The highest BCUT2D eigenvalue weighted by atomic mass is 32.2. The van der Waals surface area contributed by atoms with Crippen molar-refractivity contribution in [2.75, 3.05) is 32.8 Å². The molecule has 0 atom stereocenters. The Morgan fingerprint density at radius 1 is 1.10 bits per heavy atom. The van der Waals surface area contributed by atoms with Crippen molar-refractivity contribution in [2.45, 2.75) is 18.2 Å². The molecule has 1 fully saturated rings. The molecule has 2 aliphatic rings. The van der Waals surface area contributed by atoms with Crippen molar-refractivity contribution in [1.29, 1.82) is 0 Å². The van der Waals surface area contributed by atoms with Gasteiger partial charge in [0.05, 0.1) is 23.8 Å². The maximum Gasteiger partial charge on any atom is 0.256 e. The molecule has 1 aliphatic carbocycles. The number of aromatic amines is 1. The lowest BCUT2D eigenvalue weighted by atomic mass is 10.0. The van der Waals surface area contributed by atoms with Gasteiger partial charge >= 0.3 is 0 Å². The molecule has 1 N–H and O–H groups in total. The van der Waals surface area contributed by atoms with Crippen molar-refractivity contribution in [3.8, 4) is 11.3 Å². The second-order valence-corrected chi connectivity index (χ2v) is 9.40. The molecule has 0 bridgehead atoms. The van der Waals surface area contributed by atoms with E-state index in [1.165, 1.54) is 4.41 Å². The monoisotopic (exact) mass is 425 g/mol. The normalized spacial score (nSPS) is 16.7. The van der Waals surface area contributed by atoms with Gasteiger partial charge in [-0.05, 0) is 41.6 Å². The molecule has 0 amide bonds. The zero-order valence-corrected chi connectivity index (χ0v) is 17.5. The van der Waals surface area contributed by atoms with E-state index in [0.717, 1.165) is 27.8 Å². The molecule has 5 rings (SSSR count). The molecule has 3 aromatic rings. The van der Waals surface area contributed by atoms with E-state index in [9.17, 15) is 13.2 Å². The lowest BCUT2D eigenvalue weighted by Gasteiger charge is -2.35. The number of H-pyrrole nitrogens is 1. The molecular formula is C22H23N3O4S. The summed E-state index contributed by atoms with van der Waals surface area (Å²) < 4.78 is 33.6. The lowest BCUT2D eigenvalue weighted by Crippen LogP contribution is -2.51. The van der Waals surface area contributed by atoms with Crippen LogP contribution in [-0.4, -0.2) is 55.7 Å². The molecule has 8 heteroatoms. The van der Waals surface area contributed by atoms with Gasteiger partial charge in [-0.3, -0.25) is 4.79 Å². The number of nitrogens with one attached hydrogen (secondary N) is 1. The molecule has 0 unspecified atom stereocenters. The van der Waals surface area contributed by atoms with E-state index in [2.05, 4.69) is 4.98 Å². The van der Waals surface area contributed by atoms with Gasteiger partial charge < -0.3 is 9.72 Å². The Bertz CT molecular complexity index is 1290. The number of morpholine rings is 1. The first kappa shape index (κ1) is 19.4. The van der Waals surface area contributed by atoms with Crippen LogP contribution < -0.4 is 5.56 Å². The van der Waals surface area contributed by atoms with Crippen LogP contribution in [0.25, 0.3) is 22.0 Å². The molecule has 2 aromatic carbocycles. The number of fused-ring (bicyclic) bond motifs is 5. The van der Waals surface area contributed by atoms with Crippen molar-refractivity contribution in [2.24, 2.45) is 0 Å². The van der Waals surface area contributed by atoms with Gasteiger partial charge in [-0.1, -0.05) is 24.3 Å². The molecule has 0 spiro atoms. The topological polar surface area (TPSA) is 82.7 Å². The van der Waals surface area contributed by atoms with E-state index in [1.54, 1.807) is 12.1 Å². The van der Waals surface area contributed by atoms with E-state index in [-0.39, 0.29) is 10.5 Å². The van der Waals surface area contributed by atoms with Crippen LogP contribution >= 0.6 is 0 Å². The van der Waals surface area contributed by atoms with E-state index in [1.807, 2.05) is 42.3 Å². The largest absolute Gasteiger partial charge is 0.379 e. The van der Waals surface area contributed by atoms with E-state index >= 15 is 0 Å². The predicted molar refractivity (Wildman–Crippen MR) is 115 cm³/mol. The fourth-order valence-electron chi connectivity index (χ4n) is 4.48. The first-order valence-corrected chi connectivity index (χ1v) is 11.6. The summed E-state index contributed by atoms with van der Waals surface area (Å²) in [6.07, 6.45) is 0.592. The fourth-order valence-corrected chi connectivity index (χ4v) is 6.06. The number of nitrogens with zero attached hydrogens (tertiary/aromatic N) is 2. The van der Waals surface area contributed by atoms with E-state index in [0.29, 0.717) is 44.7 Å². The Morgan fingerprint density at radius 3 is 2.57 bits per heavy atom. The van der Waals surface area contributed by atoms with Crippen LogP contribution in [0.15, 0.2) is 52.2 Å². The number of hydrazine groups is 1. The van der Waals surface area contributed by atoms with Crippen molar-refractivity contribution in [3.63, 3.8) is 0 Å². The standard InChI is InChI=1S/C22H23N3O4S/c1-2-25(24-9-11-29-12-10-24)30(27,28)16-7-8-17-15(13-16)14-20-18-5-3-4-6-19(18)22(26)23-21(17)20/h3-8,13H,2,9-12,14H2,1H3,(H,23,26). The zero-order valence-electron chi connectivity index (χ0n) is 16.7. The molecule has 7 nitrogen and oxygen atoms in total. The van der Waals surface area contributed by atoms with Gasteiger partial charge in [0.2, 0.25) is 0 Å². The molecular weight excluding hydrogens is 402 g/mol. The smallest absolute Gasteiger partial charge is 0.256 e. The van der Waals surface area contributed by atoms with Crippen LogP contribution in [0, 0.1) is 0 Å². The SMILES string of the molecule is CCN(N1CCOCC1)S(=O)(=O)c1ccc2c(c1)Cc1c-2[nH]c(=O)c2ccccc12. The molecule has 2 heterocycles. The number of ether oxygens (including phenoxy) is 1. The van der Waals surface area contributed by atoms with Crippen molar-refractivity contribution >= 4 is 20.8 Å². The molecule has 1 saturated heterocycles. The Morgan fingerprint density at radius 2 is 1.83 bits per heavy atom. The molecule has 1 aliphatic heterocycles. The Hall–Kier alpha value is -2.52. The molecule has 1 aromatic heterocycles. The third-order valence-electron chi connectivity index (χ3n) is 5.90. The van der Waals surface area contributed by atoms with Crippen molar-refractivity contribution < 1.29 is 13.2 Å². The van der Waals surface area contributed by atoms with Crippen LogP contribution in [0.1, 0.15) is 18.1 Å². The average molecular weight is 426 g/mol. The zero-order chi connectivity index (χ0) is 20.9. The Labute approximate surface area is 174 Å². The minimum Gasteiger partial charge on any atom is -0.379 e. The molecule has 0 radical (unpaired) electrons. The van der Waals surface area contributed by atoms with Crippen LogP contribution in [0.2, 0.25) is 0 Å². The highest BCUT2D eigenvalue weighted by molar-refractivity contribution is 7.89. The third-order valence-corrected chi connectivity index (χ3v) is 7.79. The van der Waals surface area contributed by atoms with Crippen molar-refractivity contribution in [3.05, 3.63) is 63.9 Å². The summed E-state index contributed by atoms with van der Waals surface area (Å²) in [5.41, 5.74) is 3.50. The first-order chi connectivity index (χ1) is 14.5. The van der Waals surface area contributed by atoms with Crippen LogP contribution in [0.5, 0.6) is 0 Å². The summed E-state index contributed by atoms with van der Waals surface area (Å²) in [5, 5.41) is 3.41. The maximum absolute atomic E-state index is 13.4. The second kappa shape index (κ2) is 7.31. The van der Waals surface area contributed by atoms with Crippen LogP contribution in [-0.2, 0) is 21.2 Å². The van der Waals surface area contributed by atoms with Gasteiger partial charge in [0.25, 0.3) is 15.6 Å². The average Bonchev–Trinajstić information content (AvgIpc) is 3.13. The lowest BCUT2D eigenvalue weighted by molar-refractivity contribution is -0.0397. The minimum absolute atomic E-state index is 0.127. The number of aromatic nitrogens is 1. The number of sulfonamides is 1. The number of benzene rings is 2. The maximum atomic E-state index is 13.4. The number of hydrogen-bond acceptors (Lipinski definition) is 5. The predicted octanol–water partition coefficient (Wildman–Crippen LogP) is 2.36. The summed E-state index contributed by atoms with van der Waals surface area (Å²) >= 11 is 0. The number of rotatable bonds is 4. The van der Waals surface area contributed by atoms with Crippen LogP contribution in [0.3, 0.4) is 0 Å². The van der Waals surface area contributed by atoms with Gasteiger partial charge in [-0.25, -0.2) is 13.4 Å². The minimum atomic E-state index is -3.68. The number of hydrogen-bond donors (Lipinski definition) is 1. The third kappa shape index (κ3) is 2.99.